The van der Waals surface area contributed by atoms with Crippen LogP contribution >= 0.6 is 0 Å². The van der Waals surface area contributed by atoms with Crippen molar-refractivity contribution in [1.29, 1.82) is 0 Å². The number of hydrogen-bond donors (Lipinski definition) is 2. The molecule has 2 saturated carbocycles. The van der Waals surface area contributed by atoms with Crippen molar-refractivity contribution in [1.82, 2.24) is 4.90 Å². The summed E-state index contributed by atoms with van der Waals surface area (Å²) in [6, 6.07) is 5.60. The number of rotatable bonds is 6. The Morgan fingerprint density at radius 3 is 2.59 bits per heavy atom. The van der Waals surface area contributed by atoms with Gasteiger partial charge in [0.2, 0.25) is 5.91 Å². The lowest BCUT2D eigenvalue weighted by Gasteiger charge is -2.51. The summed E-state index contributed by atoms with van der Waals surface area (Å²) < 4.78 is 30.8. The van der Waals surface area contributed by atoms with Crippen LogP contribution < -0.4 is 5.46 Å². The molecule has 1 amide bonds. The van der Waals surface area contributed by atoms with Crippen LogP contribution in [0.1, 0.15) is 76.3 Å². The minimum absolute atomic E-state index is 0.0726. The predicted molar refractivity (Wildman–Crippen MR) is 122 cm³/mol. The van der Waals surface area contributed by atoms with Gasteiger partial charge in [0.1, 0.15) is 0 Å². The highest BCUT2D eigenvalue weighted by Gasteiger charge is 2.67. The van der Waals surface area contributed by atoms with Crippen molar-refractivity contribution in [2.45, 2.75) is 77.6 Å². The van der Waals surface area contributed by atoms with Gasteiger partial charge in [-0.15, -0.1) is 0 Å². The van der Waals surface area contributed by atoms with Crippen LogP contribution in [0.3, 0.4) is 0 Å². The van der Waals surface area contributed by atoms with Gasteiger partial charge in [-0.05, 0) is 86.2 Å². The summed E-state index contributed by atoms with van der Waals surface area (Å²) in [6.07, 6.45) is 3.64. The summed E-state index contributed by atoms with van der Waals surface area (Å²) in [6.45, 7) is 7.01. The first-order valence-corrected chi connectivity index (χ1v) is 12.3. The summed E-state index contributed by atoms with van der Waals surface area (Å²) in [5, 5.41) is 19.1. The highest BCUT2D eigenvalue weighted by Crippen LogP contribution is 2.68. The van der Waals surface area contributed by atoms with Crippen molar-refractivity contribution < 1.29 is 23.6 Å². The molecular weight excluding hydrogens is 411 g/mol. The summed E-state index contributed by atoms with van der Waals surface area (Å²) >= 11 is 0. The first kappa shape index (κ1) is 23.7. The quantitative estimate of drug-likeness (QED) is 0.654. The van der Waals surface area contributed by atoms with Crippen LogP contribution in [0.4, 0.5) is 8.78 Å². The number of fused-ring (bicyclic) bond motifs is 5. The molecule has 0 spiro atoms. The molecule has 0 radical (unpaired) electrons. The van der Waals surface area contributed by atoms with E-state index in [1.54, 1.807) is 17.9 Å². The standard InChI is InChI=1S/C25H36BF2NO3/c1-4-29(5-2)22(30)11-7-17-15-25(27,28)24(3)13-12-20-19-10-8-18(26(31)32)14-16(19)6-9-21(20)23(17)24/h8,10,14,17,20-21,23,31-32H,4-7,9,11-13,15H2,1-3H3/t17-,20?,21?,23?,24+/m1/s1. The average molecular weight is 447 g/mol. The third kappa shape index (κ3) is 3.79. The van der Waals surface area contributed by atoms with Crippen LogP contribution in [0.5, 0.6) is 0 Å². The SMILES string of the molecule is CCN(CC)C(=O)CC[C@@H]1CC(F)(F)[C@@]2(C)CCC3c4ccc(B(O)O)cc4CCC3C12. The number of amides is 1. The van der Waals surface area contributed by atoms with Gasteiger partial charge in [-0.1, -0.05) is 25.1 Å². The molecule has 2 fully saturated rings. The van der Waals surface area contributed by atoms with E-state index < -0.39 is 18.5 Å². The van der Waals surface area contributed by atoms with Crippen LogP contribution in [0.25, 0.3) is 0 Å². The molecule has 7 heteroatoms. The monoisotopic (exact) mass is 447 g/mol. The fourth-order valence-electron chi connectivity index (χ4n) is 7.32. The van der Waals surface area contributed by atoms with Gasteiger partial charge in [0.25, 0.3) is 5.92 Å². The lowest BCUT2D eigenvalue weighted by Crippen LogP contribution is -2.48. The molecule has 0 saturated heterocycles. The number of hydrogen-bond acceptors (Lipinski definition) is 3. The zero-order valence-electron chi connectivity index (χ0n) is 19.5. The molecule has 3 aliphatic rings. The first-order chi connectivity index (χ1) is 15.1. The number of alkyl halides is 2. The van der Waals surface area contributed by atoms with Crippen molar-refractivity contribution in [3.05, 3.63) is 29.3 Å². The minimum Gasteiger partial charge on any atom is -0.423 e. The Bertz CT molecular complexity index is 860. The van der Waals surface area contributed by atoms with Gasteiger partial charge in [-0.25, -0.2) is 8.78 Å². The molecule has 0 aromatic heterocycles. The molecule has 1 aromatic carbocycles. The van der Waals surface area contributed by atoms with Gasteiger partial charge >= 0.3 is 7.12 Å². The maximum Gasteiger partial charge on any atom is 0.488 e. The highest BCUT2D eigenvalue weighted by molar-refractivity contribution is 6.58. The van der Waals surface area contributed by atoms with Crippen LogP contribution in [-0.4, -0.2) is 47.0 Å². The Kier molecular flexibility index (Phi) is 6.45. The fourth-order valence-corrected chi connectivity index (χ4v) is 7.32. The molecule has 176 valence electrons. The number of halogens is 2. The Morgan fingerprint density at radius 1 is 1.22 bits per heavy atom. The van der Waals surface area contributed by atoms with Crippen molar-refractivity contribution in [2.75, 3.05) is 13.1 Å². The Labute approximate surface area is 190 Å². The molecule has 5 atom stereocenters. The van der Waals surface area contributed by atoms with Crippen LogP contribution in [0.2, 0.25) is 0 Å². The van der Waals surface area contributed by atoms with E-state index in [1.165, 1.54) is 5.56 Å². The molecule has 1 aromatic rings. The van der Waals surface area contributed by atoms with Crippen molar-refractivity contribution in [3.63, 3.8) is 0 Å². The second-order valence-corrected chi connectivity index (χ2v) is 10.4. The summed E-state index contributed by atoms with van der Waals surface area (Å²) in [5.74, 6) is -2.43. The Balaban J connectivity index is 1.60. The zero-order chi connectivity index (χ0) is 23.3. The Morgan fingerprint density at radius 2 is 1.94 bits per heavy atom. The summed E-state index contributed by atoms with van der Waals surface area (Å²) in [4.78, 5) is 14.4. The normalized spacial score (nSPS) is 32.6. The third-order valence-electron chi connectivity index (χ3n) is 9.01. The van der Waals surface area contributed by atoms with Crippen LogP contribution in [-0.2, 0) is 11.2 Å². The van der Waals surface area contributed by atoms with Crippen molar-refractivity contribution >= 4 is 18.5 Å². The number of carbonyl (C=O) groups excluding carboxylic acids is 1. The fraction of sp³-hybridized carbons (Fsp3) is 0.720. The summed E-state index contributed by atoms with van der Waals surface area (Å²) in [5.41, 5.74) is 1.80. The minimum atomic E-state index is -2.70. The van der Waals surface area contributed by atoms with Crippen molar-refractivity contribution in [2.24, 2.45) is 23.2 Å². The largest absolute Gasteiger partial charge is 0.488 e. The van der Waals surface area contributed by atoms with Gasteiger partial charge < -0.3 is 14.9 Å². The van der Waals surface area contributed by atoms with E-state index in [-0.39, 0.29) is 36.0 Å². The van der Waals surface area contributed by atoms with Crippen LogP contribution in [0.15, 0.2) is 18.2 Å². The topological polar surface area (TPSA) is 60.8 Å². The summed E-state index contributed by atoms with van der Waals surface area (Å²) in [7, 11) is -1.49. The average Bonchev–Trinajstić information content (AvgIpc) is 2.97. The van der Waals surface area contributed by atoms with Gasteiger partial charge in [-0.2, -0.15) is 0 Å². The maximum absolute atomic E-state index is 15.4. The van der Waals surface area contributed by atoms with Gasteiger partial charge in [0.05, 0.1) is 0 Å². The molecule has 4 rings (SSSR count). The number of carbonyl (C=O) groups is 1. The van der Waals surface area contributed by atoms with E-state index in [1.807, 2.05) is 26.0 Å². The molecule has 2 N–H and O–H groups in total. The van der Waals surface area contributed by atoms with E-state index in [9.17, 15) is 14.8 Å². The molecule has 0 heterocycles. The molecule has 0 bridgehead atoms. The van der Waals surface area contributed by atoms with E-state index in [0.29, 0.717) is 37.8 Å². The van der Waals surface area contributed by atoms with Gasteiger partial charge in [0, 0.05) is 31.3 Å². The number of benzene rings is 1. The smallest absolute Gasteiger partial charge is 0.423 e. The maximum atomic E-state index is 15.4. The predicted octanol–water partition coefficient (Wildman–Crippen LogP) is 3.73. The molecule has 3 aliphatic carbocycles. The first-order valence-electron chi connectivity index (χ1n) is 12.3. The molecule has 4 nitrogen and oxygen atoms in total. The molecule has 0 aliphatic heterocycles. The lowest BCUT2D eigenvalue weighted by molar-refractivity contribution is -0.133. The van der Waals surface area contributed by atoms with E-state index in [4.69, 9.17) is 0 Å². The third-order valence-corrected chi connectivity index (χ3v) is 9.01. The zero-order valence-corrected chi connectivity index (χ0v) is 19.5. The van der Waals surface area contributed by atoms with Crippen LogP contribution in [0, 0.1) is 23.2 Å². The van der Waals surface area contributed by atoms with Gasteiger partial charge in [0.15, 0.2) is 0 Å². The highest BCUT2D eigenvalue weighted by atomic mass is 19.3. The molecular formula is C25H36BF2NO3. The van der Waals surface area contributed by atoms with E-state index >= 15 is 8.78 Å². The van der Waals surface area contributed by atoms with E-state index in [2.05, 4.69) is 0 Å². The second kappa shape index (κ2) is 8.71. The Hall–Kier alpha value is -1.47. The van der Waals surface area contributed by atoms with E-state index in [0.717, 1.165) is 24.8 Å². The van der Waals surface area contributed by atoms with Crippen molar-refractivity contribution in [3.8, 4) is 0 Å². The molecule has 3 unspecified atom stereocenters. The number of aryl methyl sites for hydroxylation is 1. The second-order valence-electron chi connectivity index (χ2n) is 10.4. The number of nitrogens with zero attached hydrogens (tertiary/aromatic N) is 1. The lowest BCUT2D eigenvalue weighted by atomic mass is 9.53. The molecule has 32 heavy (non-hydrogen) atoms. The van der Waals surface area contributed by atoms with Gasteiger partial charge in [-0.3, -0.25) is 4.79 Å².